The van der Waals surface area contributed by atoms with E-state index in [1.165, 1.54) is 6.42 Å². The number of carbonyl (C=O) groups excluding carboxylic acids is 2. The number of fused-ring (bicyclic) bond motifs is 1. The minimum absolute atomic E-state index is 0.119. The maximum absolute atomic E-state index is 12.6. The molecule has 0 bridgehead atoms. The fraction of sp³-hybridized carbons (Fsp3) is 0.500. The Bertz CT molecular complexity index is 530. The smallest absolute Gasteiger partial charge is 0.230 e. The molecule has 1 heterocycles. The topological polar surface area (TPSA) is 37.4 Å². The second kappa shape index (κ2) is 4.80. The van der Waals surface area contributed by atoms with Gasteiger partial charge in [-0.3, -0.25) is 9.59 Å². The fourth-order valence-electron chi connectivity index (χ4n) is 3.18. The Morgan fingerprint density at radius 2 is 1.95 bits per heavy atom. The molecule has 100 valence electrons. The lowest BCUT2D eigenvalue weighted by molar-refractivity contribution is -0.133. The first-order valence-electron chi connectivity index (χ1n) is 7.09. The van der Waals surface area contributed by atoms with Crippen molar-refractivity contribution >= 4 is 11.7 Å². The Morgan fingerprint density at radius 3 is 2.68 bits per heavy atom. The highest BCUT2D eigenvalue weighted by Gasteiger charge is 2.36. The number of hydrogen-bond donors (Lipinski definition) is 0. The summed E-state index contributed by atoms with van der Waals surface area (Å²) < 4.78 is 0. The van der Waals surface area contributed by atoms with Gasteiger partial charge >= 0.3 is 0 Å². The first kappa shape index (κ1) is 12.4. The molecule has 1 aromatic carbocycles. The molecule has 1 fully saturated rings. The maximum Gasteiger partial charge on any atom is 0.230 e. The highest BCUT2D eigenvalue weighted by Crippen LogP contribution is 2.35. The molecule has 3 heteroatoms. The van der Waals surface area contributed by atoms with Gasteiger partial charge in [-0.25, -0.2) is 0 Å². The standard InChI is InChI=1S/C16H19NO2/c1-11-5-6-12-13(9-11)15(18)10-14(12)16(19)17-7-3-2-4-8-17/h5-6,9,14H,2-4,7-8,10H2,1H3. The van der Waals surface area contributed by atoms with Gasteiger partial charge < -0.3 is 4.90 Å². The van der Waals surface area contributed by atoms with Crippen molar-refractivity contribution in [2.24, 2.45) is 0 Å². The molecule has 2 aliphatic rings. The van der Waals surface area contributed by atoms with Crippen LogP contribution in [0.1, 0.15) is 53.1 Å². The molecule has 0 radical (unpaired) electrons. The first-order chi connectivity index (χ1) is 9.16. The van der Waals surface area contributed by atoms with E-state index in [4.69, 9.17) is 0 Å². The number of piperidine rings is 1. The number of benzene rings is 1. The Balaban J connectivity index is 1.87. The molecule has 1 unspecified atom stereocenters. The van der Waals surface area contributed by atoms with Gasteiger partial charge in [-0.1, -0.05) is 17.7 Å². The summed E-state index contributed by atoms with van der Waals surface area (Å²) in [6.45, 7) is 3.68. The van der Waals surface area contributed by atoms with E-state index in [0.29, 0.717) is 6.42 Å². The Morgan fingerprint density at radius 1 is 1.21 bits per heavy atom. The van der Waals surface area contributed by atoms with E-state index >= 15 is 0 Å². The molecule has 1 atom stereocenters. The van der Waals surface area contributed by atoms with Gasteiger partial charge in [-0.2, -0.15) is 0 Å². The molecule has 1 saturated heterocycles. The highest BCUT2D eigenvalue weighted by atomic mass is 16.2. The van der Waals surface area contributed by atoms with E-state index in [1.807, 2.05) is 30.0 Å². The van der Waals surface area contributed by atoms with Gasteiger partial charge in [-0.15, -0.1) is 0 Å². The van der Waals surface area contributed by atoms with Crippen LogP contribution in [0.3, 0.4) is 0 Å². The zero-order valence-corrected chi connectivity index (χ0v) is 11.3. The zero-order chi connectivity index (χ0) is 13.4. The molecule has 1 aromatic rings. The van der Waals surface area contributed by atoms with Crippen LogP contribution < -0.4 is 0 Å². The molecule has 19 heavy (non-hydrogen) atoms. The van der Waals surface area contributed by atoms with Gasteiger partial charge in [0, 0.05) is 25.1 Å². The summed E-state index contributed by atoms with van der Waals surface area (Å²) in [5, 5.41) is 0. The van der Waals surface area contributed by atoms with Crippen LogP contribution >= 0.6 is 0 Å². The van der Waals surface area contributed by atoms with Crippen LogP contribution in [0.4, 0.5) is 0 Å². The monoisotopic (exact) mass is 257 g/mol. The molecule has 1 aliphatic heterocycles. The van der Waals surface area contributed by atoms with E-state index < -0.39 is 0 Å². The van der Waals surface area contributed by atoms with Gasteiger partial charge in [0.15, 0.2) is 5.78 Å². The average Bonchev–Trinajstić information content (AvgIpc) is 2.76. The number of Topliss-reactive ketones (excluding diaryl/α,β-unsaturated/α-hetero) is 1. The molecule has 1 aliphatic carbocycles. The highest BCUT2D eigenvalue weighted by molar-refractivity contribution is 6.06. The van der Waals surface area contributed by atoms with Crippen molar-refractivity contribution in [3.8, 4) is 0 Å². The molecule has 0 N–H and O–H groups in total. The van der Waals surface area contributed by atoms with Crippen LogP contribution in [-0.2, 0) is 4.79 Å². The number of ketones is 1. The van der Waals surface area contributed by atoms with Crippen molar-refractivity contribution in [1.82, 2.24) is 4.90 Å². The van der Waals surface area contributed by atoms with Crippen molar-refractivity contribution in [3.63, 3.8) is 0 Å². The van der Waals surface area contributed by atoms with Crippen LogP contribution in [0.5, 0.6) is 0 Å². The van der Waals surface area contributed by atoms with Crippen LogP contribution in [0.2, 0.25) is 0 Å². The van der Waals surface area contributed by atoms with Crippen LogP contribution in [0.25, 0.3) is 0 Å². The lowest BCUT2D eigenvalue weighted by atomic mass is 9.97. The van der Waals surface area contributed by atoms with E-state index in [-0.39, 0.29) is 17.6 Å². The number of likely N-dealkylation sites (tertiary alicyclic amines) is 1. The van der Waals surface area contributed by atoms with E-state index in [2.05, 4.69) is 0 Å². The van der Waals surface area contributed by atoms with Crippen molar-refractivity contribution in [2.75, 3.05) is 13.1 Å². The largest absolute Gasteiger partial charge is 0.342 e. The van der Waals surface area contributed by atoms with Gasteiger partial charge in [0.25, 0.3) is 0 Å². The summed E-state index contributed by atoms with van der Waals surface area (Å²) in [5.74, 6) is 0.0333. The Hall–Kier alpha value is -1.64. The summed E-state index contributed by atoms with van der Waals surface area (Å²) in [7, 11) is 0. The fourth-order valence-corrected chi connectivity index (χ4v) is 3.18. The number of carbonyl (C=O) groups is 2. The predicted octanol–water partition coefficient (Wildman–Crippen LogP) is 2.68. The summed E-state index contributed by atoms with van der Waals surface area (Å²) in [6.07, 6.45) is 3.75. The number of rotatable bonds is 1. The summed E-state index contributed by atoms with van der Waals surface area (Å²) in [4.78, 5) is 26.6. The van der Waals surface area contributed by atoms with Crippen molar-refractivity contribution in [2.45, 2.75) is 38.5 Å². The van der Waals surface area contributed by atoms with E-state index in [9.17, 15) is 9.59 Å². The summed E-state index contributed by atoms with van der Waals surface area (Å²) in [5.41, 5.74) is 2.78. The molecule has 1 amide bonds. The molecule has 0 saturated carbocycles. The number of amides is 1. The van der Waals surface area contributed by atoms with Crippen LogP contribution in [0, 0.1) is 6.92 Å². The number of aryl methyl sites for hydroxylation is 1. The van der Waals surface area contributed by atoms with E-state index in [1.54, 1.807) is 0 Å². The van der Waals surface area contributed by atoms with Crippen molar-refractivity contribution in [1.29, 1.82) is 0 Å². The predicted molar refractivity (Wildman–Crippen MR) is 73.3 cm³/mol. The maximum atomic E-state index is 12.6. The minimum atomic E-state index is -0.235. The second-order valence-electron chi connectivity index (χ2n) is 5.66. The van der Waals surface area contributed by atoms with Gasteiger partial charge in [0.1, 0.15) is 0 Å². The molecule has 0 spiro atoms. The van der Waals surface area contributed by atoms with Gasteiger partial charge in [-0.05, 0) is 37.8 Å². The SMILES string of the molecule is Cc1ccc2c(c1)C(=O)CC2C(=O)N1CCCCC1. The average molecular weight is 257 g/mol. The van der Waals surface area contributed by atoms with Gasteiger partial charge in [0.2, 0.25) is 5.91 Å². The first-order valence-corrected chi connectivity index (χ1v) is 7.09. The molecule has 0 aromatic heterocycles. The van der Waals surface area contributed by atoms with Crippen molar-refractivity contribution in [3.05, 3.63) is 34.9 Å². The van der Waals surface area contributed by atoms with Crippen molar-refractivity contribution < 1.29 is 9.59 Å². The summed E-state index contributed by atoms with van der Waals surface area (Å²) >= 11 is 0. The zero-order valence-electron chi connectivity index (χ0n) is 11.3. The molecular weight excluding hydrogens is 238 g/mol. The van der Waals surface area contributed by atoms with Crippen LogP contribution in [0.15, 0.2) is 18.2 Å². The Kier molecular flexibility index (Phi) is 3.13. The minimum Gasteiger partial charge on any atom is -0.342 e. The van der Waals surface area contributed by atoms with Gasteiger partial charge in [0.05, 0.1) is 5.92 Å². The normalized spacial score (nSPS) is 22.5. The molecule has 3 rings (SSSR count). The lowest BCUT2D eigenvalue weighted by Gasteiger charge is -2.29. The quantitative estimate of drug-likeness (QED) is 0.775. The van der Waals surface area contributed by atoms with Crippen LogP contribution in [-0.4, -0.2) is 29.7 Å². The second-order valence-corrected chi connectivity index (χ2v) is 5.66. The molecule has 3 nitrogen and oxygen atoms in total. The Labute approximate surface area is 113 Å². The third kappa shape index (κ3) is 2.18. The third-order valence-corrected chi connectivity index (χ3v) is 4.24. The number of nitrogens with zero attached hydrogens (tertiary/aromatic N) is 1. The summed E-state index contributed by atoms with van der Waals surface area (Å²) in [6, 6.07) is 5.87. The lowest BCUT2D eigenvalue weighted by Crippen LogP contribution is -2.38. The third-order valence-electron chi connectivity index (χ3n) is 4.24. The number of hydrogen-bond acceptors (Lipinski definition) is 2. The molecular formula is C16H19NO2. The van der Waals surface area contributed by atoms with E-state index in [0.717, 1.165) is 42.6 Å².